The Balaban J connectivity index is 2.73. The fourth-order valence-corrected chi connectivity index (χ4v) is 1.73. The van der Waals surface area contributed by atoms with E-state index in [0.29, 0.717) is 12.8 Å². The molecule has 0 bridgehead atoms. The minimum Gasteiger partial charge on any atom is -0.481 e. The fourth-order valence-electron chi connectivity index (χ4n) is 1.73. The zero-order valence-electron chi connectivity index (χ0n) is 9.35. The van der Waals surface area contributed by atoms with Crippen LogP contribution in [0.5, 0.6) is 0 Å². The molecule has 86 valence electrons. The summed E-state index contributed by atoms with van der Waals surface area (Å²) in [6.07, 6.45) is 7.55. The molecule has 1 N–H and O–H groups in total. The van der Waals surface area contributed by atoms with Crippen LogP contribution in [0.15, 0.2) is 36.5 Å². The van der Waals surface area contributed by atoms with Gasteiger partial charge in [0.05, 0.1) is 11.8 Å². The molecule has 0 aromatic carbocycles. The van der Waals surface area contributed by atoms with E-state index < -0.39 is 17.8 Å². The van der Waals surface area contributed by atoms with E-state index in [1.807, 2.05) is 6.92 Å². The van der Waals surface area contributed by atoms with Crippen molar-refractivity contribution >= 4 is 11.8 Å². The molecule has 0 heterocycles. The summed E-state index contributed by atoms with van der Waals surface area (Å²) >= 11 is 0. The average Bonchev–Trinajstić information content (AvgIpc) is 2.20. The molecule has 3 nitrogen and oxygen atoms in total. The van der Waals surface area contributed by atoms with Crippen LogP contribution in [0.4, 0.5) is 0 Å². The second kappa shape index (κ2) is 5.45. The molecule has 0 aromatic heterocycles. The highest BCUT2D eigenvalue weighted by Crippen LogP contribution is 2.24. The van der Waals surface area contributed by atoms with E-state index in [9.17, 15) is 9.59 Å². The number of hydrogen-bond donors (Lipinski definition) is 1. The molecule has 0 fully saturated rings. The lowest BCUT2D eigenvalue weighted by molar-refractivity contribution is -0.145. The van der Waals surface area contributed by atoms with Gasteiger partial charge in [-0.3, -0.25) is 9.59 Å². The molecule has 0 aliphatic heterocycles. The van der Waals surface area contributed by atoms with E-state index in [1.165, 1.54) is 6.08 Å². The molecule has 0 aromatic rings. The normalized spacial score (nSPS) is 20.8. The number of ketones is 1. The number of carboxylic acids is 1. The summed E-state index contributed by atoms with van der Waals surface area (Å²) in [6.45, 7) is 5.60. The SMILES string of the molecule is C=C(C)CCC(C(=O)O)C1C=CC=CC1=O. The highest BCUT2D eigenvalue weighted by atomic mass is 16.4. The molecule has 0 saturated heterocycles. The van der Waals surface area contributed by atoms with Crippen molar-refractivity contribution < 1.29 is 14.7 Å². The Hall–Kier alpha value is -1.64. The largest absolute Gasteiger partial charge is 0.481 e. The van der Waals surface area contributed by atoms with Crippen molar-refractivity contribution in [2.75, 3.05) is 0 Å². The van der Waals surface area contributed by atoms with Gasteiger partial charge in [-0.1, -0.05) is 23.8 Å². The summed E-state index contributed by atoms with van der Waals surface area (Å²) in [6, 6.07) is 0. The maximum Gasteiger partial charge on any atom is 0.307 e. The minimum atomic E-state index is -0.917. The third kappa shape index (κ3) is 3.19. The summed E-state index contributed by atoms with van der Waals surface area (Å²) in [4.78, 5) is 22.7. The summed E-state index contributed by atoms with van der Waals surface area (Å²) in [5, 5.41) is 9.12. The molecule has 1 rings (SSSR count). The average molecular weight is 220 g/mol. The number of carbonyl (C=O) groups excluding carboxylic acids is 1. The summed E-state index contributed by atoms with van der Waals surface area (Å²) < 4.78 is 0. The summed E-state index contributed by atoms with van der Waals surface area (Å²) in [5.41, 5.74) is 0.939. The third-order valence-corrected chi connectivity index (χ3v) is 2.65. The summed E-state index contributed by atoms with van der Waals surface area (Å²) in [5.74, 6) is -2.22. The number of carboxylic acid groups (broad SMARTS) is 1. The predicted octanol–water partition coefficient (Wildman–Crippen LogP) is 2.35. The molecule has 1 aliphatic carbocycles. The molecule has 0 amide bonds. The van der Waals surface area contributed by atoms with Crippen LogP contribution in [0, 0.1) is 11.8 Å². The zero-order chi connectivity index (χ0) is 12.1. The van der Waals surface area contributed by atoms with E-state index in [4.69, 9.17) is 5.11 Å². The van der Waals surface area contributed by atoms with Crippen LogP contribution in [-0.2, 0) is 9.59 Å². The molecule has 16 heavy (non-hydrogen) atoms. The van der Waals surface area contributed by atoms with Gasteiger partial charge in [-0.25, -0.2) is 0 Å². The van der Waals surface area contributed by atoms with Gasteiger partial charge in [0.2, 0.25) is 0 Å². The van der Waals surface area contributed by atoms with Gasteiger partial charge in [0.1, 0.15) is 0 Å². The minimum absolute atomic E-state index is 0.128. The van der Waals surface area contributed by atoms with E-state index in [0.717, 1.165) is 5.57 Å². The van der Waals surface area contributed by atoms with Gasteiger partial charge in [0, 0.05) is 0 Å². The van der Waals surface area contributed by atoms with Crippen LogP contribution < -0.4 is 0 Å². The lowest BCUT2D eigenvalue weighted by Gasteiger charge is -2.20. The third-order valence-electron chi connectivity index (χ3n) is 2.65. The molecule has 0 saturated carbocycles. The Labute approximate surface area is 95.2 Å². The first-order valence-electron chi connectivity index (χ1n) is 5.28. The van der Waals surface area contributed by atoms with Gasteiger partial charge in [-0.05, 0) is 25.8 Å². The van der Waals surface area contributed by atoms with Gasteiger partial charge >= 0.3 is 5.97 Å². The summed E-state index contributed by atoms with van der Waals surface area (Å²) in [7, 11) is 0. The molecule has 0 radical (unpaired) electrons. The van der Waals surface area contributed by atoms with Gasteiger partial charge in [-0.2, -0.15) is 0 Å². The highest BCUT2D eigenvalue weighted by Gasteiger charge is 2.30. The number of carbonyl (C=O) groups is 2. The van der Waals surface area contributed by atoms with Crippen LogP contribution in [0.1, 0.15) is 19.8 Å². The quantitative estimate of drug-likeness (QED) is 0.723. The van der Waals surface area contributed by atoms with E-state index >= 15 is 0 Å². The second-order valence-electron chi connectivity index (χ2n) is 4.11. The van der Waals surface area contributed by atoms with Gasteiger partial charge < -0.3 is 5.11 Å². The van der Waals surface area contributed by atoms with Crippen molar-refractivity contribution in [2.45, 2.75) is 19.8 Å². The lowest BCUT2D eigenvalue weighted by atomic mass is 9.82. The Morgan fingerprint density at radius 3 is 2.75 bits per heavy atom. The van der Waals surface area contributed by atoms with Crippen LogP contribution >= 0.6 is 0 Å². The van der Waals surface area contributed by atoms with Crippen molar-refractivity contribution in [2.24, 2.45) is 11.8 Å². The molecule has 0 spiro atoms. The zero-order valence-corrected chi connectivity index (χ0v) is 9.35. The Morgan fingerprint density at radius 2 is 2.25 bits per heavy atom. The Bertz CT molecular complexity index is 363. The Kier molecular flexibility index (Phi) is 4.23. The lowest BCUT2D eigenvalue weighted by Crippen LogP contribution is -2.28. The molecule has 1 aliphatic rings. The smallest absolute Gasteiger partial charge is 0.307 e. The number of aliphatic carboxylic acids is 1. The first kappa shape index (κ1) is 12.4. The van der Waals surface area contributed by atoms with Crippen LogP contribution in [0.3, 0.4) is 0 Å². The monoisotopic (exact) mass is 220 g/mol. The van der Waals surface area contributed by atoms with Crippen molar-refractivity contribution in [3.8, 4) is 0 Å². The van der Waals surface area contributed by atoms with Crippen molar-refractivity contribution in [1.29, 1.82) is 0 Å². The fraction of sp³-hybridized carbons (Fsp3) is 0.385. The number of rotatable bonds is 5. The van der Waals surface area contributed by atoms with E-state index in [2.05, 4.69) is 6.58 Å². The number of allylic oxidation sites excluding steroid dienone is 5. The van der Waals surface area contributed by atoms with Crippen molar-refractivity contribution in [1.82, 2.24) is 0 Å². The maximum absolute atomic E-state index is 11.6. The first-order chi connectivity index (χ1) is 7.52. The topological polar surface area (TPSA) is 54.4 Å². The van der Waals surface area contributed by atoms with Crippen LogP contribution in [-0.4, -0.2) is 16.9 Å². The number of hydrogen-bond acceptors (Lipinski definition) is 2. The van der Waals surface area contributed by atoms with Crippen LogP contribution in [0.25, 0.3) is 0 Å². The molecule has 2 unspecified atom stereocenters. The Morgan fingerprint density at radius 1 is 1.56 bits per heavy atom. The predicted molar refractivity (Wildman–Crippen MR) is 62.0 cm³/mol. The van der Waals surface area contributed by atoms with Crippen molar-refractivity contribution in [3.63, 3.8) is 0 Å². The van der Waals surface area contributed by atoms with E-state index in [1.54, 1.807) is 18.2 Å². The van der Waals surface area contributed by atoms with Gasteiger partial charge in [-0.15, -0.1) is 6.58 Å². The second-order valence-corrected chi connectivity index (χ2v) is 4.11. The van der Waals surface area contributed by atoms with Crippen LogP contribution in [0.2, 0.25) is 0 Å². The maximum atomic E-state index is 11.6. The first-order valence-corrected chi connectivity index (χ1v) is 5.28. The molecular formula is C13H16O3. The highest BCUT2D eigenvalue weighted by molar-refractivity contribution is 5.97. The van der Waals surface area contributed by atoms with Gasteiger partial charge in [0.15, 0.2) is 5.78 Å². The molecule has 2 atom stereocenters. The molecular weight excluding hydrogens is 204 g/mol. The standard InChI is InChI=1S/C13H16O3/c1-9(2)7-8-11(13(15)16)10-5-3-4-6-12(10)14/h3-6,10-11H,1,7-8H2,2H3,(H,15,16). The van der Waals surface area contributed by atoms with E-state index in [-0.39, 0.29) is 5.78 Å². The van der Waals surface area contributed by atoms with Crippen molar-refractivity contribution in [3.05, 3.63) is 36.5 Å². The molecule has 3 heteroatoms. The van der Waals surface area contributed by atoms with Gasteiger partial charge in [0.25, 0.3) is 0 Å².